The lowest BCUT2D eigenvalue weighted by atomic mass is 10.0. The Kier molecular flexibility index (Phi) is 7.00. The maximum atomic E-state index is 12.9. The largest absolute Gasteiger partial charge is 0.479 e. The average molecular weight is 424 g/mol. The summed E-state index contributed by atoms with van der Waals surface area (Å²) in [6, 6.07) is 11.4. The zero-order valence-electron chi connectivity index (χ0n) is 18.7. The summed E-state index contributed by atoms with van der Waals surface area (Å²) in [7, 11) is 0. The van der Waals surface area contributed by atoms with Crippen LogP contribution in [0.2, 0.25) is 0 Å². The van der Waals surface area contributed by atoms with E-state index in [0.29, 0.717) is 17.1 Å². The van der Waals surface area contributed by atoms with E-state index in [9.17, 15) is 9.59 Å². The van der Waals surface area contributed by atoms with Gasteiger partial charge in [0, 0.05) is 24.8 Å². The van der Waals surface area contributed by atoms with Gasteiger partial charge in [-0.15, -0.1) is 0 Å². The number of aryl methyl sites for hydroxylation is 1. The molecular formula is C25H29NO5. The van der Waals surface area contributed by atoms with Crippen molar-refractivity contribution in [2.24, 2.45) is 0 Å². The van der Waals surface area contributed by atoms with Crippen molar-refractivity contribution in [3.05, 3.63) is 58.8 Å². The highest BCUT2D eigenvalue weighted by molar-refractivity contribution is 6.15. The second kappa shape index (κ2) is 9.69. The van der Waals surface area contributed by atoms with Gasteiger partial charge in [-0.05, 0) is 70.0 Å². The summed E-state index contributed by atoms with van der Waals surface area (Å²) in [5.74, 6) is 0.553. The van der Waals surface area contributed by atoms with Crippen molar-refractivity contribution in [1.82, 2.24) is 0 Å². The minimum atomic E-state index is -0.756. The Morgan fingerprint density at radius 3 is 2.42 bits per heavy atom. The van der Waals surface area contributed by atoms with Gasteiger partial charge in [-0.1, -0.05) is 12.1 Å². The average Bonchev–Trinajstić information content (AvgIpc) is 3.05. The minimum Gasteiger partial charge on any atom is -0.479 e. The minimum absolute atomic E-state index is 0.162. The van der Waals surface area contributed by atoms with Gasteiger partial charge < -0.3 is 19.1 Å². The highest BCUT2D eigenvalue weighted by Gasteiger charge is 2.30. The molecule has 6 nitrogen and oxygen atoms in total. The number of Topliss-reactive ketones (excluding diaryl/α,β-unsaturated/α-hetero) is 1. The molecule has 0 N–H and O–H groups in total. The lowest BCUT2D eigenvalue weighted by Gasteiger charge is -2.20. The maximum absolute atomic E-state index is 12.9. The molecule has 2 aromatic carbocycles. The molecule has 1 atom stereocenters. The van der Waals surface area contributed by atoms with Crippen LogP contribution in [0.4, 0.5) is 5.69 Å². The van der Waals surface area contributed by atoms with Crippen LogP contribution in [0.15, 0.2) is 42.2 Å². The lowest BCUT2D eigenvalue weighted by molar-refractivity contribution is -0.150. The van der Waals surface area contributed by atoms with Crippen LogP contribution in [-0.2, 0) is 9.53 Å². The van der Waals surface area contributed by atoms with Gasteiger partial charge in [0.1, 0.15) is 11.5 Å². The summed E-state index contributed by atoms with van der Waals surface area (Å²) in [6.07, 6.45) is 0.990. The molecule has 0 saturated carbocycles. The molecule has 6 heteroatoms. The number of benzene rings is 2. The first-order valence-electron chi connectivity index (χ1n) is 10.6. The van der Waals surface area contributed by atoms with Crippen molar-refractivity contribution in [3.8, 4) is 11.5 Å². The molecule has 0 aliphatic carbocycles. The van der Waals surface area contributed by atoms with E-state index in [1.54, 1.807) is 32.1 Å². The first-order valence-corrected chi connectivity index (χ1v) is 10.6. The molecule has 2 aromatic rings. The summed E-state index contributed by atoms with van der Waals surface area (Å²) in [5, 5.41) is 0. The van der Waals surface area contributed by atoms with Gasteiger partial charge in [-0.3, -0.25) is 4.79 Å². The Morgan fingerprint density at radius 1 is 1.13 bits per heavy atom. The Labute approximate surface area is 183 Å². The first-order chi connectivity index (χ1) is 14.9. The molecule has 1 aliphatic rings. The fourth-order valence-electron chi connectivity index (χ4n) is 3.58. The quantitative estimate of drug-likeness (QED) is 0.449. The van der Waals surface area contributed by atoms with Crippen molar-refractivity contribution in [3.63, 3.8) is 0 Å². The van der Waals surface area contributed by atoms with Crippen LogP contribution in [-0.4, -0.2) is 37.6 Å². The van der Waals surface area contributed by atoms with E-state index in [1.807, 2.05) is 31.2 Å². The monoisotopic (exact) mass is 423 g/mol. The molecule has 0 saturated heterocycles. The molecule has 31 heavy (non-hydrogen) atoms. The standard InChI is InChI=1S/C25H29NO5/c1-6-26(7-2)19-11-9-18(10-12-19)14-22-24(27)23-16(4)13-20(15-21(23)31-22)30-17(5)25(28)29-8-3/h9-15,17H,6-8H2,1-5H3/b22-14-. The molecule has 1 heterocycles. The van der Waals surface area contributed by atoms with Gasteiger partial charge in [0.2, 0.25) is 5.78 Å². The van der Waals surface area contributed by atoms with E-state index in [0.717, 1.165) is 29.9 Å². The second-order valence-corrected chi connectivity index (χ2v) is 7.33. The number of nitrogens with zero attached hydrogens (tertiary/aromatic N) is 1. The summed E-state index contributed by atoms with van der Waals surface area (Å²) >= 11 is 0. The second-order valence-electron chi connectivity index (χ2n) is 7.33. The van der Waals surface area contributed by atoms with Gasteiger partial charge in [0.15, 0.2) is 11.9 Å². The molecule has 0 spiro atoms. The van der Waals surface area contributed by atoms with Crippen molar-refractivity contribution in [2.45, 2.75) is 40.7 Å². The summed E-state index contributed by atoms with van der Waals surface area (Å²) in [6.45, 7) is 11.6. The van der Waals surface area contributed by atoms with Crippen LogP contribution < -0.4 is 14.4 Å². The maximum Gasteiger partial charge on any atom is 0.347 e. The predicted molar refractivity (Wildman–Crippen MR) is 121 cm³/mol. The van der Waals surface area contributed by atoms with Gasteiger partial charge in [0.05, 0.1) is 12.2 Å². The van der Waals surface area contributed by atoms with E-state index < -0.39 is 12.1 Å². The lowest BCUT2D eigenvalue weighted by Crippen LogP contribution is -2.26. The molecule has 0 aromatic heterocycles. The molecule has 0 bridgehead atoms. The molecular weight excluding hydrogens is 394 g/mol. The first kappa shape index (κ1) is 22.4. The van der Waals surface area contributed by atoms with Crippen LogP contribution in [0, 0.1) is 6.92 Å². The smallest absolute Gasteiger partial charge is 0.347 e. The number of hydrogen-bond donors (Lipinski definition) is 0. The number of esters is 1. The molecule has 0 fully saturated rings. The van der Waals surface area contributed by atoms with Crippen molar-refractivity contribution < 1.29 is 23.8 Å². The van der Waals surface area contributed by atoms with Gasteiger partial charge in [-0.2, -0.15) is 0 Å². The molecule has 164 valence electrons. The number of carbonyl (C=O) groups is 2. The third kappa shape index (κ3) is 4.90. The Bertz CT molecular complexity index is 990. The van der Waals surface area contributed by atoms with E-state index in [4.69, 9.17) is 14.2 Å². The Balaban J connectivity index is 1.80. The third-order valence-corrected chi connectivity index (χ3v) is 5.19. The van der Waals surface area contributed by atoms with Crippen LogP contribution in [0.3, 0.4) is 0 Å². The van der Waals surface area contributed by atoms with Crippen LogP contribution in [0.1, 0.15) is 49.2 Å². The van der Waals surface area contributed by atoms with E-state index >= 15 is 0 Å². The molecule has 0 radical (unpaired) electrons. The number of ketones is 1. The molecule has 1 aliphatic heterocycles. The number of rotatable bonds is 8. The molecule has 3 rings (SSSR count). The van der Waals surface area contributed by atoms with Gasteiger partial charge in [0.25, 0.3) is 0 Å². The van der Waals surface area contributed by atoms with Crippen LogP contribution in [0.5, 0.6) is 11.5 Å². The third-order valence-electron chi connectivity index (χ3n) is 5.19. The summed E-state index contributed by atoms with van der Waals surface area (Å²) in [5.41, 5.74) is 3.27. The van der Waals surface area contributed by atoms with Crippen LogP contribution >= 0.6 is 0 Å². The van der Waals surface area contributed by atoms with Crippen LogP contribution in [0.25, 0.3) is 6.08 Å². The van der Waals surface area contributed by atoms with Gasteiger partial charge >= 0.3 is 5.97 Å². The fraction of sp³-hybridized carbons (Fsp3) is 0.360. The number of hydrogen-bond acceptors (Lipinski definition) is 6. The van der Waals surface area contributed by atoms with Gasteiger partial charge in [-0.25, -0.2) is 4.79 Å². The highest BCUT2D eigenvalue weighted by atomic mass is 16.6. The number of carbonyl (C=O) groups excluding carboxylic acids is 2. The summed E-state index contributed by atoms with van der Waals surface area (Å²) in [4.78, 5) is 27.0. The number of ether oxygens (including phenoxy) is 3. The highest BCUT2D eigenvalue weighted by Crippen LogP contribution is 2.38. The molecule has 1 unspecified atom stereocenters. The van der Waals surface area contributed by atoms with E-state index in [-0.39, 0.29) is 18.1 Å². The fourth-order valence-corrected chi connectivity index (χ4v) is 3.58. The number of fused-ring (bicyclic) bond motifs is 1. The van der Waals surface area contributed by atoms with E-state index in [1.165, 1.54) is 0 Å². The van der Waals surface area contributed by atoms with Crippen molar-refractivity contribution in [1.29, 1.82) is 0 Å². The SMILES string of the molecule is CCOC(=O)C(C)Oc1cc(C)c2c(c1)O/C(=C\c1ccc(N(CC)CC)cc1)C2=O. The van der Waals surface area contributed by atoms with Crippen molar-refractivity contribution in [2.75, 3.05) is 24.6 Å². The Hall–Kier alpha value is -3.28. The Morgan fingerprint density at radius 2 is 1.81 bits per heavy atom. The number of anilines is 1. The zero-order chi connectivity index (χ0) is 22.5. The zero-order valence-corrected chi connectivity index (χ0v) is 18.7. The topological polar surface area (TPSA) is 65.1 Å². The number of allylic oxidation sites excluding steroid dienone is 1. The summed E-state index contributed by atoms with van der Waals surface area (Å²) < 4.78 is 16.5. The molecule has 0 amide bonds. The van der Waals surface area contributed by atoms with E-state index in [2.05, 4.69) is 18.7 Å². The predicted octanol–water partition coefficient (Wildman–Crippen LogP) is 4.79. The normalized spacial score (nSPS) is 14.7. The van der Waals surface area contributed by atoms with Crippen molar-refractivity contribution >= 4 is 23.5 Å².